The van der Waals surface area contributed by atoms with Crippen LogP contribution >= 0.6 is 15.9 Å². The molecule has 0 atom stereocenters. The summed E-state index contributed by atoms with van der Waals surface area (Å²) in [6.07, 6.45) is -1.73. The van der Waals surface area contributed by atoms with Gasteiger partial charge in [0, 0.05) is 6.20 Å². The van der Waals surface area contributed by atoms with Crippen LogP contribution in [0, 0.1) is 0 Å². The van der Waals surface area contributed by atoms with Crippen molar-refractivity contribution in [3.05, 3.63) is 21.9 Å². The molecular formula is C7H6BrF2N3O. The van der Waals surface area contributed by atoms with Gasteiger partial charge in [0.05, 0.1) is 15.7 Å². The highest BCUT2D eigenvalue weighted by Crippen LogP contribution is 2.32. The van der Waals surface area contributed by atoms with E-state index in [0.717, 1.165) is 6.20 Å². The van der Waals surface area contributed by atoms with Crippen molar-refractivity contribution in [1.29, 1.82) is 0 Å². The second kappa shape index (κ2) is 3.87. The second-order valence-electron chi connectivity index (χ2n) is 2.45. The predicted octanol–water partition coefficient (Wildman–Crippen LogP) is 1.46. The van der Waals surface area contributed by atoms with Gasteiger partial charge in [-0.25, -0.2) is 13.8 Å². The first-order chi connectivity index (χ1) is 6.45. The maximum Gasteiger partial charge on any atom is 0.268 e. The van der Waals surface area contributed by atoms with Crippen molar-refractivity contribution in [2.24, 2.45) is 5.73 Å². The Hall–Kier alpha value is -1.24. The SMILES string of the molecule is NC(=O)c1ncc(Br)c(N)c1C(F)F. The molecule has 0 saturated carbocycles. The molecule has 1 heterocycles. The maximum absolute atomic E-state index is 12.5. The molecule has 7 heteroatoms. The quantitative estimate of drug-likeness (QED) is 0.850. The van der Waals surface area contributed by atoms with Crippen molar-refractivity contribution < 1.29 is 13.6 Å². The van der Waals surface area contributed by atoms with Gasteiger partial charge in [0.15, 0.2) is 0 Å². The van der Waals surface area contributed by atoms with E-state index in [1.165, 1.54) is 0 Å². The van der Waals surface area contributed by atoms with Gasteiger partial charge >= 0.3 is 0 Å². The Bertz CT molecular complexity index is 383. The number of halogens is 3. The molecule has 0 radical (unpaired) electrons. The van der Waals surface area contributed by atoms with Crippen molar-refractivity contribution in [3.63, 3.8) is 0 Å². The van der Waals surface area contributed by atoms with Crippen LogP contribution in [0.2, 0.25) is 0 Å². The molecule has 1 aromatic rings. The van der Waals surface area contributed by atoms with Crippen LogP contribution in [-0.4, -0.2) is 10.9 Å². The summed E-state index contributed by atoms with van der Waals surface area (Å²) in [5, 5.41) is 0. The molecule has 0 aromatic carbocycles. The van der Waals surface area contributed by atoms with Gasteiger partial charge in [-0.05, 0) is 15.9 Å². The topological polar surface area (TPSA) is 82.0 Å². The highest BCUT2D eigenvalue weighted by Gasteiger charge is 2.22. The number of amides is 1. The minimum atomic E-state index is -2.89. The van der Waals surface area contributed by atoms with Crippen molar-refractivity contribution in [3.8, 4) is 0 Å². The van der Waals surface area contributed by atoms with Crippen LogP contribution < -0.4 is 11.5 Å². The number of primary amides is 1. The number of nitrogens with zero attached hydrogens (tertiary/aromatic N) is 1. The highest BCUT2D eigenvalue weighted by atomic mass is 79.9. The highest BCUT2D eigenvalue weighted by molar-refractivity contribution is 9.10. The van der Waals surface area contributed by atoms with Crippen LogP contribution in [0.3, 0.4) is 0 Å². The molecule has 0 fully saturated rings. The number of rotatable bonds is 2. The molecule has 76 valence electrons. The van der Waals surface area contributed by atoms with E-state index in [1.807, 2.05) is 0 Å². The van der Waals surface area contributed by atoms with Crippen LogP contribution in [0.25, 0.3) is 0 Å². The Morgan fingerprint density at radius 2 is 2.14 bits per heavy atom. The number of alkyl halides is 2. The van der Waals surface area contributed by atoms with E-state index in [1.54, 1.807) is 0 Å². The summed E-state index contributed by atoms with van der Waals surface area (Å²) in [5.74, 6) is -1.03. The minimum absolute atomic E-state index is 0.206. The predicted molar refractivity (Wildman–Crippen MR) is 49.8 cm³/mol. The summed E-state index contributed by atoms with van der Waals surface area (Å²) in [6, 6.07) is 0. The molecular weight excluding hydrogens is 260 g/mol. The van der Waals surface area contributed by atoms with Crippen LogP contribution in [-0.2, 0) is 0 Å². The van der Waals surface area contributed by atoms with Gasteiger partial charge in [0.25, 0.3) is 12.3 Å². The van der Waals surface area contributed by atoms with E-state index in [4.69, 9.17) is 11.5 Å². The molecule has 0 unspecified atom stereocenters. The molecule has 0 aliphatic rings. The van der Waals surface area contributed by atoms with Gasteiger partial charge in [0.2, 0.25) is 0 Å². The van der Waals surface area contributed by atoms with Crippen molar-refractivity contribution >= 4 is 27.5 Å². The molecule has 0 saturated heterocycles. The smallest absolute Gasteiger partial charge is 0.268 e. The van der Waals surface area contributed by atoms with Crippen molar-refractivity contribution in [2.75, 3.05) is 5.73 Å². The van der Waals surface area contributed by atoms with E-state index in [2.05, 4.69) is 20.9 Å². The Morgan fingerprint density at radius 3 is 2.57 bits per heavy atom. The number of aromatic nitrogens is 1. The lowest BCUT2D eigenvalue weighted by Gasteiger charge is -2.09. The molecule has 1 aromatic heterocycles. The number of anilines is 1. The zero-order valence-electron chi connectivity index (χ0n) is 6.80. The maximum atomic E-state index is 12.5. The molecule has 0 aliphatic heterocycles. The average Bonchev–Trinajstić information content (AvgIpc) is 2.08. The first kappa shape index (κ1) is 10.8. The van der Waals surface area contributed by atoms with Gasteiger partial charge in [-0.15, -0.1) is 0 Å². The third-order valence-corrected chi connectivity index (χ3v) is 2.19. The fourth-order valence-corrected chi connectivity index (χ4v) is 1.25. The molecule has 1 amide bonds. The van der Waals surface area contributed by atoms with Gasteiger partial charge in [-0.3, -0.25) is 4.79 Å². The molecule has 0 aliphatic carbocycles. The lowest BCUT2D eigenvalue weighted by molar-refractivity contribution is 0.0980. The first-order valence-corrected chi connectivity index (χ1v) is 4.26. The molecule has 4 nitrogen and oxygen atoms in total. The van der Waals surface area contributed by atoms with E-state index >= 15 is 0 Å². The third-order valence-electron chi connectivity index (χ3n) is 1.56. The van der Waals surface area contributed by atoms with E-state index in [0.29, 0.717) is 0 Å². The number of nitrogen functional groups attached to an aromatic ring is 1. The summed E-state index contributed by atoms with van der Waals surface area (Å²) in [4.78, 5) is 14.2. The van der Waals surface area contributed by atoms with E-state index in [-0.39, 0.29) is 10.2 Å². The molecule has 0 bridgehead atoms. The molecule has 1 rings (SSSR count). The Morgan fingerprint density at radius 1 is 1.57 bits per heavy atom. The summed E-state index contributed by atoms with van der Waals surface area (Å²) >= 11 is 2.92. The zero-order chi connectivity index (χ0) is 10.9. The Balaban J connectivity index is 3.45. The molecule has 0 spiro atoms. The Kier molecular flexibility index (Phi) is 3.00. The average molecular weight is 266 g/mol. The van der Waals surface area contributed by atoms with Crippen LogP contribution in [0.15, 0.2) is 10.7 Å². The van der Waals surface area contributed by atoms with Gasteiger partial charge in [0.1, 0.15) is 5.69 Å². The van der Waals surface area contributed by atoms with E-state index < -0.39 is 23.6 Å². The summed E-state index contributed by atoms with van der Waals surface area (Å²) < 4.78 is 25.2. The zero-order valence-corrected chi connectivity index (χ0v) is 8.38. The second-order valence-corrected chi connectivity index (χ2v) is 3.30. The van der Waals surface area contributed by atoms with Crippen LogP contribution in [0.5, 0.6) is 0 Å². The number of carbonyl (C=O) groups is 1. The summed E-state index contributed by atoms with van der Waals surface area (Å²) in [5.41, 5.74) is 8.86. The summed E-state index contributed by atoms with van der Waals surface area (Å²) in [6.45, 7) is 0. The lowest BCUT2D eigenvalue weighted by Crippen LogP contribution is -2.17. The van der Waals surface area contributed by atoms with E-state index in [9.17, 15) is 13.6 Å². The number of hydrogen-bond acceptors (Lipinski definition) is 3. The molecule has 4 N–H and O–H groups in total. The molecule has 14 heavy (non-hydrogen) atoms. The Labute approximate surface area is 86.4 Å². The lowest BCUT2D eigenvalue weighted by atomic mass is 10.1. The largest absolute Gasteiger partial charge is 0.397 e. The van der Waals surface area contributed by atoms with Crippen LogP contribution in [0.1, 0.15) is 22.5 Å². The number of hydrogen-bond donors (Lipinski definition) is 2. The monoisotopic (exact) mass is 265 g/mol. The minimum Gasteiger partial charge on any atom is -0.397 e. The number of carbonyl (C=O) groups excluding carboxylic acids is 1. The summed E-state index contributed by atoms with van der Waals surface area (Å²) in [7, 11) is 0. The first-order valence-electron chi connectivity index (χ1n) is 3.47. The van der Waals surface area contributed by atoms with Crippen LogP contribution in [0.4, 0.5) is 14.5 Å². The standard InChI is InChI=1S/C7H6BrF2N3O/c8-2-1-13-5(7(12)14)3(4(2)11)6(9)10/h1,6H,(H2,11,13)(H2,12,14). The van der Waals surface area contributed by atoms with Gasteiger partial charge in [-0.2, -0.15) is 0 Å². The van der Waals surface area contributed by atoms with Crippen molar-refractivity contribution in [2.45, 2.75) is 6.43 Å². The normalized spacial score (nSPS) is 10.6. The van der Waals surface area contributed by atoms with Crippen molar-refractivity contribution in [1.82, 2.24) is 4.98 Å². The number of pyridine rings is 1. The van der Waals surface area contributed by atoms with Gasteiger partial charge in [-0.1, -0.05) is 0 Å². The fourth-order valence-electron chi connectivity index (χ4n) is 0.934. The fraction of sp³-hybridized carbons (Fsp3) is 0.143. The third kappa shape index (κ3) is 1.82. The van der Waals surface area contributed by atoms with Gasteiger partial charge < -0.3 is 11.5 Å². The number of nitrogens with two attached hydrogens (primary N) is 2.